The van der Waals surface area contributed by atoms with Crippen LogP contribution >= 0.6 is 0 Å². The second kappa shape index (κ2) is 15.5. The van der Waals surface area contributed by atoms with Gasteiger partial charge in [0, 0.05) is 12.8 Å². The van der Waals surface area contributed by atoms with Crippen LogP contribution in [0.2, 0.25) is 0 Å². The van der Waals surface area contributed by atoms with E-state index in [4.69, 9.17) is 47.4 Å². The molecule has 6 rings (SSSR count). The molecule has 0 saturated carbocycles. The van der Waals surface area contributed by atoms with Gasteiger partial charge in [-0.1, -0.05) is 13.8 Å². The molecule has 0 spiro atoms. The maximum atomic E-state index is 13.3. The van der Waals surface area contributed by atoms with Crippen molar-refractivity contribution in [3.8, 4) is 0 Å². The lowest BCUT2D eigenvalue weighted by Crippen LogP contribution is -2.45. The lowest BCUT2D eigenvalue weighted by atomic mass is 9.93. The molecule has 282 valence electrons. The molecule has 16 nitrogen and oxygen atoms in total. The van der Waals surface area contributed by atoms with E-state index in [0.717, 1.165) is 0 Å². The molecule has 6 heterocycles. The van der Waals surface area contributed by atoms with E-state index < -0.39 is 96.4 Å². The highest BCUT2D eigenvalue weighted by molar-refractivity contribution is 5.90. The molecule has 6 saturated heterocycles. The smallest absolute Gasteiger partial charge is 0.306 e. The number of ketones is 2. The van der Waals surface area contributed by atoms with Gasteiger partial charge in [0.05, 0.1) is 52.5 Å². The van der Waals surface area contributed by atoms with Crippen molar-refractivity contribution in [2.24, 2.45) is 0 Å². The Morgan fingerprint density at radius 1 is 0.520 bits per heavy atom. The minimum absolute atomic E-state index is 0.0663. The molecule has 16 heteroatoms. The van der Waals surface area contributed by atoms with Gasteiger partial charge in [0.2, 0.25) is 0 Å². The summed E-state index contributed by atoms with van der Waals surface area (Å²) in [4.78, 5) is 52.0. The van der Waals surface area contributed by atoms with Crippen molar-refractivity contribution in [3.05, 3.63) is 0 Å². The fourth-order valence-electron chi connectivity index (χ4n) is 7.50. The van der Waals surface area contributed by atoms with Crippen molar-refractivity contribution in [3.63, 3.8) is 0 Å². The zero-order valence-corrected chi connectivity index (χ0v) is 29.0. The Balaban J connectivity index is 0.931. The standard InChI is InChI=1S/C34H50O16/c1-5-33(3,49-21-15-44-28-18(36)12-42-31(21)28)23(37)8-10-26(40)48-20-14-45-32-22(16-46-30(20)32)50-34(4,6-2)24(38)7-9-25(39)47-19-13-43-27-17(35)11-41-29(19)27/h17-22,27-32,35-36H,5-16H2,1-4H3/t17-,18+,19+,20-,21-,22+,27+,28-,29+,30-,31-,32-,33?,34?/m1/s1. The molecule has 6 aliphatic rings. The number of carbonyl (C=O) groups is 4. The van der Waals surface area contributed by atoms with Crippen LogP contribution in [-0.4, -0.2) is 158 Å². The van der Waals surface area contributed by atoms with E-state index in [9.17, 15) is 29.4 Å². The van der Waals surface area contributed by atoms with Gasteiger partial charge in [0.15, 0.2) is 23.8 Å². The van der Waals surface area contributed by atoms with Gasteiger partial charge in [-0.05, 0) is 26.7 Å². The Morgan fingerprint density at radius 3 is 1.26 bits per heavy atom. The number of ether oxygens (including phenoxy) is 10. The maximum absolute atomic E-state index is 13.3. The van der Waals surface area contributed by atoms with E-state index in [1.807, 2.05) is 13.8 Å². The number of fused-ring (bicyclic) bond motifs is 3. The molecule has 0 aromatic rings. The van der Waals surface area contributed by atoms with Crippen molar-refractivity contribution in [2.75, 3.05) is 39.6 Å². The van der Waals surface area contributed by atoms with E-state index in [1.54, 1.807) is 13.8 Å². The molecule has 2 unspecified atom stereocenters. The van der Waals surface area contributed by atoms with Crippen molar-refractivity contribution < 1.29 is 76.8 Å². The summed E-state index contributed by atoms with van der Waals surface area (Å²) in [7, 11) is 0. The van der Waals surface area contributed by atoms with Crippen molar-refractivity contribution in [1.29, 1.82) is 0 Å². The molecular formula is C34H50O16. The number of rotatable bonds is 16. The second-order valence-corrected chi connectivity index (χ2v) is 14.3. The van der Waals surface area contributed by atoms with Crippen LogP contribution in [0.4, 0.5) is 0 Å². The monoisotopic (exact) mass is 714 g/mol. The third kappa shape index (κ3) is 7.65. The number of carbonyl (C=O) groups excluding carboxylic acids is 4. The second-order valence-electron chi connectivity index (χ2n) is 14.3. The molecule has 14 atom stereocenters. The van der Waals surface area contributed by atoms with Gasteiger partial charge in [-0.2, -0.15) is 0 Å². The van der Waals surface area contributed by atoms with Gasteiger partial charge in [-0.3, -0.25) is 19.2 Å². The number of hydrogen-bond donors (Lipinski definition) is 2. The van der Waals surface area contributed by atoms with E-state index in [2.05, 4.69) is 0 Å². The normalized spacial score (nSPS) is 39.7. The van der Waals surface area contributed by atoms with E-state index in [-0.39, 0.29) is 76.9 Å². The number of hydrogen-bond acceptors (Lipinski definition) is 16. The Labute approximate surface area is 290 Å². The topological polar surface area (TPSA) is 201 Å². The molecule has 0 aliphatic carbocycles. The lowest BCUT2D eigenvalue weighted by molar-refractivity contribution is -0.164. The van der Waals surface area contributed by atoms with Crippen LogP contribution in [0, 0.1) is 0 Å². The summed E-state index contributed by atoms with van der Waals surface area (Å²) in [6, 6.07) is 0. The fraction of sp³-hybridized carbons (Fsp3) is 0.882. The van der Waals surface area contributed by atoms with E-state index >= 15 is 0 Å². The first-order valence-electron chi connectivity index (χ1n) is 17.7. The minimum Gasteiger partial charge on any atom is -0.457 e. The summed E-state index contributed by atoms with van der Waals surface area (Å²) in [5.74, 6) is -1.69. The van der Waals surface area contributed by atoms with Gasteiger partial charge in [0.1, 0.15) is 72.2 Å². The molecule has 0 amide bonds. The third-order valence-corrected chi connectivity index (χ3v) is 11.0. The van der Waals surface area contributed by atoms with Crippen molar-refractivity contribution in [2.45, 2.75) is 151 Å². The number of aliphatic hydroxyl groups is 2. The van der Waals surface area contributed by atoms with E-state index in [0.29, 0.717) is 12.8 Å². The summed E-state index contributed by atoms with van der Waals surface area (Å²) in [6.07, 6.45) is -6.98. The van der Waals surface area contributed by atoms with Gasteiger partial charge in [-0.25, -0.2) is 0 Å². The predicted octanol–water partition coefficient (Wildman–Crippen LogP) is -0.269. The summed E-state index contributed by atoms with van der Waals surface area (Å²) in [5, 5.41) is 19.9. The molecule has 50 heavy (non-hydrogen) atoms. The molecule has 6 aliphatic heterocycles. The average Bonchev–Trinajstić information content (AvgIpc) is 3.95. The van der Waals surface area contributed by atoms with E-state index in [1.165, 1.54) is 0 Å². The Hall–Kier alpha value is -2.12. The third-order valence-electron chi connectivity index (χ3n) is 11.0. The largest absolute Gasteiger partial charge is 0.457 e. The first-order valence-corrected chi connectivity index (χ1v) is 17.7. The number of esters is 2. The highest BCUT2D eigenvalue weighted by Crippen LogP contribution is 2.36. The van der Waals surface area contributed by atoms with Gasteiger partial charge in [0.25, 0.3) is 0 Å². The van der Waals surface area contributed by atoms with Gasteiger partial charge in [-0.15, -0.1) is 0 Å². The SMILES string of the molecule is CCC(C)(O[C@H]1CO[C@H]2[C@@H]1OC[C@H]2OC(=O)CCC(=O)C(C)(CC)O[C@@H]1CO[C@H]2[C@@H]1OC[C@@H]2O)C(=O)CCC(=O)O[C@H]1CO[C@@H]2[C@H]1OC[C@H]2O. The highest BCUT2D eigenvalue weighted by Gasteiger charge is 2.54. The Bertz CT molecular complexity index is 1260. The molecule has 6 fully saturated rings. The summed E-state index contributed by atoms with van der Waals surface area (Å²) >= 11 is 0. The van der Waals surface area contributed by atoms with Crippen LogP contribution in [0.1, 0.15) is 66.2 Å². The fourth-order valence-corrected chi connectivity index (χ4v) is 7.50. The zero-order chi connectivity index (χ0) is 35.8. The Kier molecular flexibility index (Phi) is 11.6. The summed E-state index contributed by atoms with van der Waals surface area (Å²) < 4.78 is 57.6. The predicted molar refractivity (Wildman–Crippen MR) is 166 cm³/mol. The first-order chi connectivity index (χ1) is 23.9. The summed E-state index contributed by atoms with van der Waals surface area (Å²) in [6.45, 7) is 7.74. The van der Waals surface area contributed by atoms with Crippen LogP contribution in [-0.2, 0) is 66.5 Å². The van der Waals surface area contributed by atoms with Crippen LogP contribution in [0.5, 0.6) is 0 Å². The highest BCUT2D eigenvalue weighted by atomic mass is 16.7. The molecular weight excluding hydrogens is 664 g/mol. The Morgan fingerprint density at radius 2 is 0.840 bits per heavy atom. The minimum atomic E-state index is -1.23. The molecule has 0 radical (unpaired) electrons. The summed E-state index contributed by atoms with van der Waals surface area (Å²) in [5.41, 5.74) is -2.40. The lowest BCUT2D eigenvalue weighted by Gasteiger charge is -2.32. The van der Waals surface area contributed by atoms with Crippen LogP contribution in [0.25, 0.3) is 0 Å². The van der Waals surface area contributed by atoms with Crippen LogP contribution in [0.15, 0.2) is 0 Å². The van der Waals surface area contributed by atoms with Gasteiger partial charge >= 0.3 is 11.9 Å². The average molecular weight is 715 g/mol. The number of aliphatic hydroxyl groups excluding tert-OH is 2. The molecule has 2 N–H and O–H groups in total. The molecule has 0 aromatic carbocycles. The zero-order valence-electron chi connectivity index (χ0n) is 29.0. The van der Waals surface area contributed by atoms with Crippen molar-refractivity contribution in [1.82, 2.24) is 0 Å². The van der Waals surface area contributed by atoms with Crippen molar-refractivity contribution >= 4 is 23.5 Å². The quantitative estimate of drug-likeness (QED) is 0.198. The molecule has 0 aromatic heterocycles. The first kappa shape index (κ1) is 37.6. The maximum Gasteiger partial charge on any atom is 0.306 e. The van der Waals surface area contributed by atoms with Crippen LogP contribution < -0.4 is 0 Å². The number of Topliss-reactive ketones (excluding diaryl/α,β-unsaturated/α-hetero) is 2. The van der Waals surface area contributed by atoms with Crippen LogP contribution in [0.3, 0.4) is 0 Å². The van der Waals surface area contributed by atoms with Gasteiger partial charge < -0.3 is 57.6 Å². The molecule has 0 bridgehead atoms.